The van der Waals surface area contributed by atoms with E-state index in [1.54, 1.807) is 6.07 Å². The molecule has 1 aromatic rings. The number of carbonyl (C=O) groups is 1. The maximum atomic E-state index is 11.9. The number of anilines is 1. The summed E-state index contributed by atoms with van der Waals surface area (Å²) in [6, 6.07) is 7.85. The van der Waals surface area contributed by atoms with Gasteiger partial charge in [0.05, 0.1) is 16.3 Å². The Morgan fingerprint density at radius 3 is 2.81 bits per heavy atom. The highest BCUT2D eigenvalue weighted by Crippen LogP contribution is 2.25. The average Bonchev–Trinajstić information content (AvgIpc) is 2.48. The molecule has 0 saturated carbocycles. The predicted molar refractivity (Wildman–Crippen MR) is 84.3 cm³/mol. The van der Waals surface area contributed by atoms with Crippen molar-refractivity contribution in [3.05, 3.63) is 28.8 Å². The molecule has 0 bridgehead atoms. The third kappa shape index (κ3) is 3.89. The number of hydrogen-bond acceptors (Lipinski definition) is 3. The van der Waals surface area contributed by atoms with Crippen LogP contribution in [0.4, 0.5) is 5.69 Å². The van der Waals surface area contributed by atoms with Crippen molar-refractivity contribution in [2.45, 2.75) is 38.6 Å². The molecular formula is C16H20ClN3O. The summed E-state index contributed by atoms with van der Waals surface area (Å²) in [4.78, 5) is 13.8. The Bertz CT molecular complexity index is 545. The Labute approximate surface area is 130 Å². The van der Waals surface area contributed by atoms with Gasteiger partial charge in [0.15, 0.2) is 0 Å². The average molecular weight is 306 g/mol. The number of nitrogens with one attached hydrogen (secondary N) is 1. The summed E-state index contributed by atoms with van der Waals surface area (Å²) >= 11 is 6.03. The summed E-state index contributed by atoms with van der Waals surface area (Å²) in [5.74, 6) is 0.247. The number of hydrogen-bond donors (Lipinski definition) is 1. The molecule has 0 aromatic heterocycles. The lowest BCUT2D eigenvalue weighted by Crippen LogP contribution is -2.42. The first-order chi connectivity index (χ1) is 10.2. The predicted octanol–water partition coefficient (Wildman–Crippen LogP) is 3.41. The van der Waals surface area contributed by atoms with Gasteiger partial charge < -0.3 is 10.2 Å². The van der Waals surface area contributed by atoms with Crippen LogP contribution in [0, 0.1) is 11.3 Å². The minimum Gasteiger partial charge on any atom is -0.381 e. The number of nitrogens with zero attached hydrogens (tertiary/aromatic N) is 2. The Balaban J connectivity index is 1.94. The van der Waals surface area contributed by atoms with Gasteiger partial charge in [-0.25, -0.2) is 0 Å². The van der Waals surface area contributed by atoms with E-state index >= 15 is 0 Å². The van der Waals surface area contributed by atoms with Crippen LogP contribution >= 0.6 is 11.6 Å². The van der Waals surface area contributed by atoms with Gasteiger partial charge in [0.25, 0.3) is 0 Å². The fourth-order valence-corrected chi connectivity index (χ4v) is 2.84. The van der Waals surface area contributed by atoms with Crippen LogP contribution in [0.15, 0.2) is 18.2 Å². The smallest absolute Gasteiger partial charge is 0.222 e. The lowest BCUT2D eigenvalue weighted by Gasteiger charge is -2.33. The molecule has 21 heavy (non-hydrogen) atoms. The molecule has 1 aliphatic rings. The number of amides is 1. The number of rotatable bonds is 4. The topological polar surface area (TPSA) is 56.1 Å². The van der Waals surface area contributed by atoms with Gasteiger partial charge in [-0.3, -0.25) is 4.79 Å². The minimum absolute atomic E-state index is 0.247. The van der Waals surface area contributed by atoms with Gasteiger partial charge in [-0.1, -0.05) is 24.6 Å². The third-order valence-corrected chi connectivity index (χ3v) is 4.11. The van der Waals surface area contributed by atoms with Gasteiger partial charge >= 0.3 is 0 Å². The fourth-order valence-electron chi connectivity index (χ4n) is 2.62. The molecule has 112 valence electrons. The van der Waals surface area contributed by atoms with Crippen molar-refractivity contribution >= 4 is 23.2 Å². The van der Waals surface area contributed by atoms with Gasteiger partial charge in [-0.15, -0.1) is 0 Å². The van der Waals surface area contributed by atoms with Crippen LogP contribution in [0.1, 0.15) is 38.2 Å². The number of likely N-dealkylation sites (tertiary alicyclic amines) is 1. The second-order valence-electron chi connectivity index (χ2n) is 5.32. The van der Waals surface area contributed by atoms with Crippen molar-refractivity contribution in [3.8, 4) is 6.07 Å². The van der Waals surface area contributed by atoms with E-state index in [2.05, 4.69) is 11.4 Å². The first kappa shape index (κ1) is 15.7. The molecule has 5 heteroatoms. The van der Waals surface area contributed by atoms with Crippen LogP contribution in [-0.4, -0.2) is 29.9 Å². The quantitative estimate of drug-likeness (QED) is 0.927. The second-order valence-corrected chi connectivity index (χ2v) is 5.73. The highest BCUT2D eigenvalue weighted by molar-refractivity contribution is 6.32. The summed E-state index contributed by atoms with van der Waals surface area (Å²) in [5, 5.41) is 13.0. The van der Waals surface area contributed by atoms with E-state index in [0.717, 1.165) is 38.0 Å². The molecule has 4 nitrogen and oxygen atoms in total. The van der Waals surface area contributed by atoms with E-state index in [-0.39, 0.29) is 11.9 Å². The van der Waals surface area contributed by atoms with Crippen LogP contribution in [-0.2, 0) is 4.79 Å². The van der Waals surface area contributed by atoms with E-state index in [1.807, 2.05) is 24.0 Å². The molecule has 0 aliphatic carbocycles. The summed E-state index contributed by atoms with van der Waals surface area (Å²) in [5.41, 5.74) is 1.27. The lowest BCUT2D eigenvalue weighted by molar-refractivity contribution is -0.132. The van der Waals surface area contributed by atoms with Gasteiger partial charge in [-0.2, -0.15) is 5.26 Å². The van der Waals surface area contributed by atoms with Crippen LogP contribution in [0.25, 0.3) is 0 Å². The normalized spacial score (nSPS) is 15.6. The van der Waals surface area contributed by atoms with Crippen molar-refractivity contribution in [3.63, 3.8) is 0 Å². The first-order valence-corrected chi connectivity index (χ1v) is 7.76. The van der Waals surface area contributed by atoms with E-state index in [1.165, 1.54) is 0 Å². The number of benzene rings is 1. The fraction of sp³-hybridized carbons (Fsp3) is 0.500. The van der Waals surface area contributed by atoms with Gasteiger partial charge in [0.1, 0.15) is 6.07 Å². The van der Waals surface area contributed by atoms with Gasteiger partial charge in [0, 0.05) is 25.6 Å². The maximum Gasteiger partial charge on any atom is 0.222 e. The van der Waals surface area contributed by atoms with Crippen LogP contribution < -0.4 is 5.32 Å². The van der Waals surface area contributed by atoms with E-state index < -0.39 is 0 Å². The number of piperidine rings is 1. The zero-order valence-electron chi connectivity index (χ0n) is 12.2. The minimum atomic E-state index is 0.247. The zero-order valence-corrected chi connectivity index (χ0v) is 13.0. The van der Waals surface area contributed by atoms with E-state index in [4.69, 9.17) is 11.6 Å². The highest BCUT2D eigenvalue weighted by atomic mass is 35.5. The van der Waals surface area contributed by atoms with Crippen molar-refractivity contribution in [1.29, 1.82) is 5.26 Å². The van der Waals surface area contributed by atoms with Crippen LogP contribution in [0.5, 0.6) is 0 Å². The Hall–Kier alpha value is -1.73. The molecule has 0 radical (unpaired) electrons. The monoisotopic (exact) mass is 305 g/mol. The highest BCUT2D eigenvalue weighted by Gasteiger charge is 2.22. The van der Waals surface area contributed by atoms with Crippen molar-refractivity contribution in [2.75, 3.05) is 18.4 Å². The third-order valence-electron chi connectivity index (χ3n) is 3.80. The Morgan fingerprint density at radius 2 is 2.19 bits per heavy atom. The van der Waals surface area contributed by atoms with Crippen molar-refractivity contribution in [1.82, 2.24) is 4.90 Å². The maximum absolute atomic E-state index is 11.9. The van der Waals surface area contributed by atoms with Crippen molar-refractivity contribution < 1.29 is 4.79 Å². The molecule has 1 fully saturated rings. The number of halogens is 1. The van der Waals surface area contributed by atoms with E-state index in [9.17, 15) is 10.1 Å². The molecule has 1 saturated heterocycles. The molecule has 2 rings (SSSR count). The van der Waals surface area contributed by atoms with Crippen molar-refractivity contribution in [2.24, 2.45) is 0 Å². The molecule has 1 aromatic carbocycles. The first-order valence-electron chi connectivity index (χ1n) is 7.38. The SMILES string of the molecule is CCCC(=O)N1CCC(Nc2cccc(Cl)c2C#N)CC1. The van der Waals surface area contributed by atoms with Gasteiger partial charge in [-0.05, 0) is 31.4 Å². The molecule has 1 N–H and O–H groups in total. The molecule has 0 atom stereocenters. The summed E-state index contributed by atoms with van der Waals surface area (Å²) in [7, 11) is 0. The zero-order chi connectivity index (χ0) is 15.2. The molecule has 0 spiro atoms. The standard InChI is InChI=1S/C16H20ClN3O/c1-2-4-16(21)20-9-7-12(8-10-20)19-15-6-3-5-14(17)13(15)11-18/h3,5-6,12,19H,2,4,7-10H2,1H3. The molecule has 0 unspecified atom stereocenters. The molecule has 1 amide bonds. The van der Waals surface area contributed by atoms with Crippen LogP contribution in [0.2, 0.25) is 5.02 Å². The Kier molecular flexibility index (Phi) is 5.46. The lowest BCUT2D eigenvalue weighted by atomic mass is 10.0. The number of nitriles is 1. The summed E-state index contributed by atoms with van der Waals surface area (Å²) < 4.78 is 0. The Morgan fingerprint density at radius 1 is 1.48 bits per heavy atom. The molecular weight excluding hydrogens is 286 g/mol. The second kappa shape index (κ2) is 7.33. The largest absolute Gasteiger partial charge is 0.381 e. The van der Waals surface area contributed by atoms with Crippen LogP contribution in [0.3, 0.4) is 0 Å². The van der Waals surface area contributed by atoms with E-state index in [0.29, 0.717) is 17.0 Å². The molecule has 1 aliphatic heterocycles. The summed E-state index contributed by atoms with van der Waals surface area (Å²) in [6.45, 7) is 3.58. The summed E-state index contributed by atoms with van der Waals surface area (Å²) in [6.07, 6.45) is 3.32. The number of carbonyl (C=O) groups excluding carboxylic acids is 1. The molecule has 1 heterocycles. The van der Waals surface area contributed by atoms with Gasteiger partial charge in [0.2, 0.25) is 5.91 Å².